The maximum atomic E-state index is 11.6. The van der Waals surface area contributed by atoms with Gasteiger partial charge >= 0.3 is 0 Å². The van der Waals surface area contributed by atoms with Crippen molar-refractivity contribution in [3.05, 3.63) is 95.6 Å². The van der Waals surface area contributed by atoms with Crippen molar-refractivity contribution in [2.45, 2.75) is 76.1 Å². The van der Waals surface area contributed by atoms with Crippen LogP contribution in [0.5, 0.6) is 11.5 Å². The third-order valence-electron chi connectivity index (χ3n) is 7.30. The monoisotopic (exact) mass is 550 g/mol. The summed E-state index contributed by atoms with van der Waals surface area (Å²) in [7, 11) is 3.27. The van der Waals surface area contributed by atoms with Gasteiger partial charge in [0.25, 0.3) is 0 Å². The number of fused-ring (bicyclic) bond motifs is 1. The molecule has 5 rings (SSSR count). The fourth-order valence-electron chi connectivity index (χ4n) is 5.26. The number of rotatable bonds is 11. The standard InChI is InChI=1S/C32H38O8/c1-32(2)39-28-26(33)27(36-19-22-10-14-24(34-3)15-11-22)29(37-20-23-12-16-25(35-4)17-13-23)30(31(28)40-32)38-18-21-8-6-5-7-9-21/h5-17,26-31,33H,18-20H2,1-4H3/t26-,27-,28+,29+,30-,31+/m1/s1. The molecular weight excluding hydrogens is 512 g/mol. The predicted octanol–water partition coefficient (Wildman–Crippen LogP) is 4.65. The Morgan fingerprint density at radius 3 is 1.57 bits per heavy atom. The van der Waals surface area contributed by atoms with Crippen molar-refractivity contribution < 1.29 is 38.3 Å². The number of aliphatic hydroxyl groups is 1. The molecule has 0 amide bonds. The van der Waals surface area contributed by atoms with Crippen LogP contribution in [0.2, 0.25) is 0 Å². The first kappa shape index (κ1) is 28.5. The van der Waals surface area contributed by atoms with Crippen LogP contribution in [0.4, 0.5) is 0 Å². The molecule has 8 nitrogen and oxygen atoms in total. The van der Waals surface area contributed by atoms with Crippen LogP contribution < -0.4 is 9.47 Å². The van der Waals surface area contributed by atoms with Crippen LogP contribution in [0.15, 0.2) is 78.9 Å². The highest BCUT2D eigenvalue weighted by molar-refractivity contribution is 5.27. The number of benzene rings is 3. The second-order valence-electron chi connectivity index (χ2n) is 10.6. The van der Waals surface area contributed by atoms with E-state index in [9.17, 15) is 5.11 Å². The molecule has 0 aromatic heterocycles. The van der Waals surface area contributed by atoms with E-state index in [4.69, 9.17) is 33.2 Å². The fourth-order valence-corrected chi connectivity index (χ4v) is 5.26. The Kier molecular flexibility index (Phi) is 9.05. The van der Waals surface area contributed by atoms with Gasteiger partial charge in [0, 0.05) is 0 Å². The lowest BCUT2D eigenvalue weighted by Gasteiger charge is -2.45. The fraction of sp³-hybridized carbons (Fsp3) is 0.438. The van der Waals surface area contributed by atoms with Crippen molar-refractivity contribution >= 4 is 0 Å². The minimum Gasteiger partial charge on any atom is -0.497 e. The zero-order chi connectivity index (χ0) is 28.1. The van der Waals surface area contributed by atoms with Gasteiger partial charge in [-0.05, 0) is 54.8 Å². The molecule has 214 valence electrons. The van der Waals surface area contributed by atoms with Gasteiger partial charge in [0.1, 0.15) is 48.1 Å². The summed E-state index contributed by atoms with van der Waals surface area (Å²) in [4.78, 5) is 0. The molecule has 2 fully saturated rings. The average Bonchev–Trinajstić information content (AvgIpc) is 3.31. The van der Waals surface area contributed by atoms with E-state index in [2.05, 4.69) is 0 Å². The largest absolute Gasteiger partial charge is 0.497 e. The number of hydrogen-bond acceptors (Lipinski definition) is 8. The Bertz CT molecular complexity index is 1200. The van der Waals surface area contributed by atoms with Crippen LogP contribution in [0.3, 0.4) is 0 Å². The van der Waals surface area contributed by atoms with Crippen LogP contribution in [0.25, 0.3) is 0 Å². The summed E-state index contributed by atoms with van der Waals surface area (Å²) >= 11 is 0. The molecule has 2 aliphatic rings. The van der Waals surface area contributed by atoms with E-state index < -0.39 is 42.4 Å². The summed E-state index contributed by atoms with van der Waals surface area (Å²) in [5.74, 6) is 0.636. The third-order valence-corrected chi connectivity index (χ3v) is 7.30. The highest BCUT2D eigenvalue weighted by Crippen LogP contribution is 2.41. The molecule has 0 unspecified atom stereocenters. The number of methoxy groups -OCH3 is 2. The van der Waals surface area contributed by atoms with Crippen LogP contribution in [-0.2, 0) is 43.5 Å². The van der Waals surface area contributed by atoms with Gasteiger partial charge in [-0.1, -0.05) is 54.6 Å². The minimum absolute atomic E-state index is 0.265. The lowest BCUT2D eigenvalue weighted by atomic mass is 9.84. The quantitative estimate of drug-likeness (QED) is 0.369. The van der Waals surface area contributed by atoms with E-state index in [1.165, 1.54) is 0 Å². The topological polar surface area (TPSA) is 84.8 Å². The summed E-state index contributed by atoms with van der Waals surface area (Å²) in [5, 5.41) is 11.6. The van der Waals surface area contributed by atoms with E-state index in [1.807, 2.05) is 92.7 Å². The van der Waals surface area contributed by atoms with E-state index >= 15 is 0 Å². The Labute approximate surface area is 235 Å². The summed E-state index contributed by atoms with van der Waals surface area (Å²) < 4.78 is 42.5. The molecule has 3 aromatic rings. The van der Waals surface area contributed by atoms with Crippen LogP contribution in [0, 0.1) is 0 Å². The van der Waals surface area contributed by atoms with Crippen molar-refractivity contribution in [1.82, 2.24) is 0 Å². The summed E-state index contributed by atoms with van der Waals surface area (Å²) in [6.45, 7) is 4.58. The molecule has 1 heterocycles. The summed E-state index contributed by atoms with van der Waals surface area (Å²) in [6.07, 6.45) is -4.12. The lowest BCUT2D eigenvalue weighted by Crippen LogP contribution is -2.64. The molecular formula is C32H38O8. The average molecular weight is 551 g/mol. The van der Waals surface area contributed by atoms with Crippen LogP contribution in [0.1, 0.15) is 30.5 Å². The molecule has 1 saturated heterocycles. The Balaban J connectivity index is 1.41. The number of hydrogen-bond donors (Lipinski definition) is 1. The first-order valence-electron chi connectivity index (χ1n) is 13.5. The highest BCUT2D eigenvalue weighted by Gasteiger charge is 2.59. The van der Waals surface area contributed by atoms with Gasteiger partial charge in [-0.3, -0.25) is 0 Å². The van der Waals surface area contributed by atoms with Gasteiger partial charge in [0.2, 0.25) is 0 Å². The smallest absolute Gasteiger partial charge is 0.164 e. The molecule has 40 heavy (non-hydrogen) atoms. The van der Waals surface area contributed by atoms with E-state index in [0.29, 0.717) is 6.61 Å². The molecule has 1 N–H and O–H groups in total. The Hall–Kier alpha value is -2.98. The molecule has 1 saturated carbocycles. The highest BCUT2D eigenvalue weighted by atomic mass is 16.8. The second kappa shape index (κ2) is 12.7. The van der Waals surface area contributed by atoms with Gasteiger partial charge in [0.05, 0.1) is 34.0 Å². The van der Waals surface area contributed by atoms with Crippen molar-refractivity contribution in [1.29, 1.82) is 0 Å². The molecule has 8 heteroatoms. The predicted molar refractivity (Wildman–Crippen MR) is 148 cm³/mol. The molecule has 0 bridgehead atoms. The minimum atomic E-state index is -0.998. The summed E-state index contributed by atoms with van der Waals surface area (Å²) in [6, 6.07) is 25.3. The number of ether oxygens (including phenoxy) is 7. The van der Waals surface area contributed by atoms with Gasteiger partial charge < -0.3 is 38.3 Å². The Morgan fingerprint density at radius 1 is 0.600 bits per heavy atom. The maximum absolute atomic E-state index is 11.6. The van der Waals surface area contributed by atoms with Crippen LogP contribution >= 0.6 is 0 Å². The molecule has 6 atom stereocenters. The molecule has 1 aliphatic carbocycles. The van der Waals surface area contributed by atoms with E-state index in [1.54, 1.807) is 14.2 Å². The van der Waals surface area contributed by atoms with Gasteiger partial charge in [-0.25, -0.2) is 0 Å². The van der Waals surface area contributed by atoms with Crippen molar-refractivity contribution in [3.8, 4) is 11.5 Å². The van der Waals surface area contributed by atoms with E-state index in [0.717, 1.165) is 28.2 Å². The van der Waals surface area contributed by atoms with Crippen molar-refractivity contribution in [2.24, 2.45) is 0 Å². The zero-order valence-corrected chi connectivity index (χ0v) is 23.4. The number of aliphatic hydroxyl groups excluding tert-OH is 1. The molecule has 3 aromatic carbocycles. The first-order valence-corrected chi connectivity index (χ1v) is 13.5. The zero-order valence-electron chi connectivity index (χ0n) is 23.4. The molecule has 0 radical (unpaired) electrons. The van der Waals surface area contributed by atoms with Crippen LogP contribution in [-0.4, -0.2) is 61.7 Å². The third kappa shape index (κ3) is 6.66. The van der Waals surface area contributed by atoms with Crippen molar-refractivity contribution in [2.75, 3.05) is 14.2 Å². The van der Waals surface area contributed by atoms with E-state index in [-0.39, 0.29) is 13.2 Å². The van der Waals surface area contributed by atoms with Gasteiger partial charge in [0.15, 0.2) is 5.79 Å². The Morgan fingerprint density at radius 2 is 1.05 bits per heavy atom. The normalized spacial score (nSPS) is 27.2. The first-order chi connectivity index (χ1) is 19.4. The summed E-state index contributed by atoms with van der Waals surface area (Å²) in [5.41, 5.74) is 2.92. The molecule has 0 spiro atoms. The van der Waals surface area contributed by atoms with Gasteiger partial charge in [-0.2, -0.15) is 0 Å². The lowest BCUT2D eigenvalue weighted by molar-refractivity contribution is -0.241. The molecule has 1 aliphatic heterocycles. The maximum Gasteiger partial charge on any atom is 0.164 e. The van der Waals surface area contributed by atoms with Crippen molar-refractivity contribution in [3.63, 3.8) is 0 Å². The van der Waals surface area contributed by atoms with Gasteiger partial charge in [-0.15, -0.1) is 0 Å². The SMILES string of the molecule is COc1ccc(CO[C@@H]2[C@@H](OCc3ccccc3)[C@H]3OC(C)(C)O[C@H]3[C@H](O)[C@H]2OCc2ccc(OC)cc2)cc1. The second-order valence-corrected chi connectivity index (χ2v) is 10.6.